The van der Waals surface area contributed by atoms with Crippen LogP contribution in [0.15, 0.2) is 46.9 Å². The van der Waals surface area contributed by atoms with Crippen LogP contribution < -0.4 is 4.74 Å². The highest BCUT2D eigenvalue weighted by Crippen LogP contribution is 2.24. The number of ether oxygens (including phenoxy) is 1. The third kappa shape index (κ3) is 3.64. The summed E-state index contributed by atoms with van der Waals surface area (Å²) in [5.41, 5.74) is 1.37. The Morgan fingerprint density at radius 1 is 1.21 bits per heavy atom. The summed E-state index contributed by atoms with van der Waals surface area (Å²) < 4.78 is 19.2. The van der Waals surface area contributed by atoms with Gasteiger partial charge < -0.3 is 4.74 Å². The smallest absolute Gasteiger partial charge is 0.163 e. The molecule has 0 fully saturated rings. The summed E-state index contributed by atoms with van der Waals surface area (Å²) in [6.45, 7) is 1.79. The lowest BCUT2D eigenvalue weighted by Gasteiger charge is -2.10. The molecular weight excluding hydrogens is 311 g/mol. The van der Waals surface area contributed by atoms with Crippen LogP contribution in [0.5, 0.6) is 5.75 Å². The zero-order valence-corrected chi connectivity index (χ0v) is 11.9. The van der Waals surface area contributed by atoms with Crippen molar-refractivity contribution < 1.29 is 13.9 Å². The topological polar surface area (TPSA) is 26.3 Å². The standard InChI is InChI=1S/C15H12BrFO2/c1-10(18)14-8-12(16)4-7-15(14)19-9-11-2-5-13(17)6-3-11/h2-8H,9H2,1H3. The minimum atomic E-state index is -0.281. The van der Waals surface area contributed by atoms with E-state index in [1.807, 2.05) is 6.07 Å². The molecule has 2 aromatic rings. The second kappa shape index (κ2) is 5.97. The summed E-state index contributed by atoms with van der Waals surface area (Å²) in [6.07, 6.45) is 0. The first-order chi connectivity index (χ1) is 9.06. The zero-order chi connectivity index (χ0) is 13.8. The first kappa shape index (κ1) is 13.7. The maximum atomic E-state index is 12.8. The number of rotatable bonds is 4. The maximum absolute atomic E-state index is 12.8. The summed E-state index contributed by atoms with van der Waals surface area (Å²) in [7, 11) is 0. The number of carbonyl (C=O) groups excluding carboxylic acids is 1. The van der Waals surface area contributed by atoms with Crippen LogP contribution in [0, 0.1) is 5.82 Å². The minimum Gasteiger partial charge on any atom is -0.488 e. The lowest BCUT2D eigenvalue weighted by molar-refractivity contribution is 0.101. The fraction of sp³-hybridized carbons (Fsp3) is 0.133. The van der Waals surface area contributed by atoms with Crippen molar-refractivity contribution >= 4 is 21.7 Å². The van der Waals surface area contributed by atoms with E-state index in [1.165, 1.54) is 19.1 Å². The van der Waals surface area contributed by atoms with Crippen molar-refractivity contribution in [3.05, 3.63) is 63.9 Å². The van der Waals surface area contributed by atoms with Crippen molar-refractivity contribution in [1.82, 2.24) is 0 Å². The van der Waals surface area contributed by atoms with E-state index in [4.69, 9.17) is 4.74 Å². The molecule has 2 nitrogen and oxygen atoms in total. The second-order valence-corrected chi connectivity index (χ2v) is 5.03. The fourth-order valence-corrected chi connectivity index (χ4v) is 2.01. The van der Waals surface area contributed by atoms with Crippen LogP contribution in [0.1, 0.15) is 22.8 Å². The third-order valence-corrected chi connectivity index (χ3v) is 3.12. The first-order valence-corrected chi connectivity index (χ1v) is 6.53. The number of ketones is 1. The van der Waals surface area contributed by atoms with Crippen LogP contribution >= 0.6 is 15.9 Å². The Morgan fingerprint density at radius 3 is 2.53 bits per heavy atom. The molecule has 4 heteroatoms. The average molecular weight is 323 g/mol. The molecule has 19 heavy (non-hydrogen) atoms. The van der Waals surface area contributed by atoms with Crippen LogP contribution in [0.25, 0.3) is 0 Å². The molecule has 0 amide bonds. The summed E-state index contributed by atoms with van der Waals surface area (Å²) in [4.78, 5) is 11.5. The quantitative estimate of drug-likeness (QED) is 0.781. The Bertz CT molecular complexity index is 594. The van der Waals surface area contributed by atoms with E-state index in [-0.39, 0.29) is 11.6 Å². The molecular formula is C15H12BrFO2. The van der Waals surface area contributed by atoms with Gasteiger partial charge in [0, 0.05) is 4.47 Å². The molecule has 0 radical (unpaired) electrons. The van der Waals surface area contributed by atoms with E-state index in [0.29, 0.717) is 17.9 Å². The third-order valence-electron chi connectivity index (χ3n) is 2.63. The first-order valence-electron chi connectivity index (χ1n) is 5.74. The predicted octanol–water partition coefficient (Wildman–Crippen LogP) is 4.37. The number of hydrogen-bond acceptors (Lipinski definition) is 2. The van der Waals surface area contributed by atoms with E-state index in [9.17, 15) is 9.18 Å². The van der Waals surface area contributed by atoms with Gasteiger partial charge in [0.25, 0.3) is 0 Å². The molecule has 0 aromatic heterocycles. The minimum absolute atomic E-state index is 0.0598. The van der Waals surface area contributed by atoms with E-state index >= 15 is 0 Å². The molecule has 0 unspecified atom stereocenters. The molecule has 0 atom stereocenters. The van der Waals surface area contributed by atoms with E-state index in [2.05, 4.69) is 15.9 Å². The molecule has 0 bridgehead atoms. The van der Waals surface area contributed by atoms with E-state index in [0.717, 1.165) is 10.0 Å². The lowest BCUT2D eigenvalue weighted by Crippen LogP contribution is -2.01. The van der Waals surface area contributed by atoms with Gasteiger partial charge >= 0.3 is 0 Å². The zero-order valence-electron chi connectivity index (χ0n) is 10.3. The van der Waals surface area contributed by atoms with Crippen molar-refractivity contribution in [2.75, 3.05) is 0 Å². The molecule has 0 saturated carbocycles. The summed E-state index contributed by atoms with van der Waals surface area (Å²) >= 11 is 3.32. The number of hydrogen-bond donors (Lipinski definition) is 0. The summed E-state index contributed by atoms with van der Waals surface area (Å²) in [5.74, 6) is 0.187. The number of benzene rings is 2. The van der Waals surface area contributed by atoms with Gasteiger partial charge in [-0.05, 0) is 42.8 Å². The van der Waals surface area contributed by atoms with Crippen molar-refractivity contribution in [3.8, 4) is 5.75 Å². The Kier molecular flexibility index (Phi) is 4.32. The Hall–Kier alpha value is -1.68. The van der Waals surface area contributed by atoms with Gasteiger partial charge in [0.05, 0.1) is 5.56 Å². The van der Waals surface area contributed by atoms with Crippen LogP contribution in [0.2, 0.25) is 0 Å². The van der Waals surface area contributed by atoms with Crippen LogP contribution in [0.3, 0.4) is 0 Å². The molecule has 0 aliphatic rings. The normalized spacial score (nSPS) is 10.3. The van der Waals surface area contributed by atoms with Crippen molar-refractivity contribution in [2.45, 2.75) is 13.5 Å². The van der Waals surface area contributed by atoms with Crippen molar-refractivity contribution in [1.29, 1.82) is 0 Å². The molecule has 0 aliphatic carbocycles. The number of Topliss-reactive ketones (excluding diaryl/α,β-unsaturated/α-hetero) is 1. The highest BCUT2D eigenvalue weighted by molar-refractivity contribution is 9.10. The van der Waals surface area contributed by atoms with E-state index in [1.54, 1.807) is 24.3 Å². The van der Waals surface area contributed by atoms with Gasteiger partial charge in [-0.2, -0.15) is 0 Å². The molecule has 98 valence electrons. The van der Waals surface area contributed by atoms with Crippen LogP contribution in [-0.2, 0) is 6.61 Å². The highest BCUT2D eigenvalue weighted by atomic mass is 79.9. The number of halogens is 2. The van der Waals surface area contributed by atoms with Crippen molar-refractivity contribution in [2.24, 2.45) is 0 Å². The van der Waals surface area contributed by atoms with Gasteiger partial charge in [0.2, 0.25) is 0 Å². The predicted molar refractivity (Wildman–Crippen MR) is 74.9 cm³/mol. The van der Waals surface area contributed by atoms with Gasteiger partial charge in [-0.1, -0.05) is 28.1 Å². The maximum Gasteiger partial charge on any atom is 0.163 e. The van der Waals surface area contributed by atoms with E-state index < -0.39 is 0 Å². The Morgan fingerprint density at radius 2 is 1.89 bits per heavy atom. The Labute approximate surface area is 119 Å². The fourth-order valence-electron chi connectivity index (χ4n) is 1.64. The van der Waals surface area contributed by atoms with Gasteiger partial charge in [-0.25, -0.2) is 4.39 Å². The van der Waals surface area contributed by atoms with Gasteiger partial charge in [-0.15, -0.1) is 0 Å². The molecule has 0 N–H and O–H groups in total. The van der Waals surface area contributed by atoms with Gasteiger partial charge in [0.15, 0.2) is 5.78 Å². The highest BCUT2D eigenvalue weighted by Gasteiger charge is 2.09. The van der Waals surface area contributed by atoms with Gasteiger partial charge in [-0.3, -0.25) is 4.79 Å². The molecule has 0 heterocycles. The molecule has 2 aromatic carbocycles. The molecule has 0 aliphatic heterocycles. The monoisotopic (exact) mass is 322 g/mol. The summed E-state index contributed by atoms with van der Waals surface area (Å²) in [5, 5.41) is 0. The van der Waals surface area contributed by atoms with Crippen LogP contribution in [0.4, 0.5) is 4.39 Å². The second-order valence-electron chi connectivity index (χ2n) is 4.11. The van der Waals surface area contributed by atoms with Crippen LogP contribution in [-0.4, -0.2) is 5.78 Å². The van der Waals surface area contributed by atoms with Crippen molar-refractivity contribution in [3.63, 3.8) is 0 Å². The lowest BCUT2D eigenvalue weighted by atomic mass is 10.1. The van der Waals surface area contributed by atoms with Gasteiger partial charge in [0.1, 0.15) is 18.2 Å². The Balaban J connectivity index is 2.15. The number of carbonyl (C=O) groups is 1. The molecule has 0 spiro atoms. The SMILES string of the molecule is CC(=O)c1cc(Br)ccc1OCc1ccc(F)cc1. The largest absolute Gasteiger partial charge is 0.488 e. The molecule has 2 rings (SSSR count). The summed E-state index contributed by atoms with van der Waals surface area (Å²) in [6, 6.07) is 11.3. The molecule has 0 saturated heterocycles. The average Bonchev–Trinajstić information content (AvgIpc) is 2.39.